The average Bonchev–Trinajstić information content (AvgIpc) is 3.10. The molecule has 1 aliphatic carbocycles. The Balaban J connectivity index is 1.56. The quantitative estimate of drug-likeness (QED) is 0.702. The predicted molar refractivity (Wildman–Crippen MR) is 116 cm³/mol. The number of anilines is 1. The van der Waals surface area contributed by atoms with E-state index in [1.807, 2.05) is 30.3 Å². The normalized spacial score (nSPS) is 18.8. The number of amides is 2. The van der Waals surface area contributed by atoms with Crippen molar-refractivity contribution in [3.05, 3.63) is 59.0 Å². The number of benzene rings is 1. The van der Waals surface area contributed by atoms with Crippen molar-refractivity contribution >= 4 is 39.0 Å². The van der Waals surface area contributed by atoms with Crippen LogP contribution in [0.2, 0.25) is 0 Å². The molecule has 1 aliphatic heterocycles. The van der Waals surface area contributed by atoms with Crippen LogP contribution in [0.15, 0.2) is 42.2 Å². The summed E-state index contributed by atoms with van der Waals surface area (Å²) < 4.78 is 0. The molecule has 0 saturated carbocycles. The Kier molecular flexibility index (Phi) is 5.76. The van der Waals surface area contributed by atoms with Crippen LogP contribution >= 0.6 is 15.9 Å². The Morgan fingerprint density at radius 1 is 1.28 bits per heavy atom. The zero-order valence-corrected chi connectivity index (χ0v) is 17.9. The average molecular weight is 455 g/mol. The number of rotatable bonds is 5. The summed E-state index contributed by atoms with van der Waals surface area (Å²) in [6, 6.07) is 9.80. The fourth-order valence-electron chi connectivity index (χ4n) is 3.94. The molecule has 2 aromatic rings. The van der Waals surface area contributed by atoms with E-state index < -0.39 is 0 Å². The van der Waals surface area contributed by atoms with E-state index in [0.29, 0.717) is 6.42 Å². The molecule has 1 N–H and O–H groups in total. The molecule has 150 valence electrons. The Hall–Kier alpha value is -2.54. The fourth-order valence-corrected chi connectivity index (χ4v) is 4.68. The molecular weight excluding hydrogens is 432 g/mol. The molecule has 1 atom stereocenters. The molecule has 0 saturated heterocycles. The minimum Gasteiger partial charge on any atom is -0.328 e. The van der Waals surface area contributed by atoms with Gasteiger partial charge in [-0.15, -0.1) is 0 Å². The van der Waals surface area contributed by atoms with Crippen molar-refractivity contribution in [3.8, 4) is 0 Å². The number of carbonyl (C=O) groups is 2. The van der Waals surface area contributed by atoms with E-state index in [2.05, 4.69) is 38.4 Å². The van der Waals surface area contributed by atoms with E-state index >= 15 is 0 Å². The van der Waals surface area contributed by atoms with Crippen LogP contribution in [0.3, 0.4) is 0 Å². The number of hydrogen-bond donors (Lipinski definition) is 1. The molecule has 4 rings (SSSR count). The molecule has 2 heterocycles. The predicted octanol–water partition coefficient (Wildman–Crippen LogP) is 3.40. The second-order valence-corrected chi connectivity index (χ2v) is 8.46. The Morgan fingerprint density at radius 3 is 2.93 bits per heavy atom. The number of aromatic nitrogens is 2. The molecule has 0 fully saturated rings. The Morgan fingerprint density at radius 2 is 2.10 bits per heavy atom. The van der Waals surface area contributed by atoms with Crippen molar-refractivity contribution in [2.45, 2.75) is 43.9 Å². The van der Waals surface area contributed by atoms with E-state index in [4.69, 9.17) is 0 Å². The molecule has 1 unspecified atom stereocenters. The largest absolute Gasteiger partial charge is 0.328 e. The van der Waals surface area contributed by atoms with Crippen LogP contribution < -0.4 is 10.2 Å². The maximum atomic E-state index is 12.8. The number of aryl methyl sites for hydroxylation is 2. The number of alkyl halides is 1. The van der Waals surface area contributed by atoms with E-state index in [0.717, 1.165) is 59.5 Å². The van der Waals surface area contributed by atoms with Gasteiger partial charge >= 0.3 is 0 Å². The van der Waals surface area contributed by atoms with Gasteiger partial charge in [0.25, 0.3) is 0 Å². The van der Waals surface area contributed by atoms with Crippen LogP contribution in [-0.4, -0.2) is 33.4 Å². The summed E-state index contributed by atoms with van der Waals surface area (Å²) in [6.45, 7) is 2.09. The van der Waals surface area contributed by atoms with Crippen molar-refractivity contribution in [3.63, 3.8) is 0 Å². The van der Waals surface area contributed by atoms with Crippen molar-refractivity contribution in [2.75, 3.05) is 11.4 Å². The molecule has 0 bridgehead atoms. The van der Waals surface area contributed by atoms with Crippen LogP contribution in [0.25, 0.3) is 5.57 Å². The van der Waals surface area contributed by atoms with Crippen LogP contribution in [-0.2, 0) is 22.4 Å². The highest BCUT2D eigenvalue weighted by Gasteiger charge is 2.29. The summed E-state index contributed by atoms with van der Waals surface area (Å²) in [7, 11) is 0. The SMILES string of the molecule is CCc1cnnc(C2=C(NC(=O)CN3C(=O)CCc4ccccc43)CCC2Br)c1. The van der Waals surface area contributed by atoms with Gasteiger partial charge in [0.05, 0.1) is 11.9 Å². The first-order valence-corrected chi connectivity index (χ1v) is 10.9. The molecule has 6 nitrogen and oxygen atoms in total. The third-order valence-electron chi connectivity index (χ3n) is 5.47. The summed E-state index contributed by atoms with van der Waals surface area (Å²) in [6.07, 6.45) is 5.43. The van der Waals surface area contributed by atoms with Gasteiger partial charge in [-0.1, -0.05) is 41.1 Å². The molecule has 2 amide bonds. The number of nitrogens with one attached hydrogen (secondary N) is 1. The molecule has 29 heavy (non-hydrogen) atoms. The maximum absolute atomic E-state index is 12.8. The number of carbonyl (C=O) groups excluding carboxylic acids is 2. The van der Waals surface area contributed by atoms with E-state index in [-0.39, 0.29) is 23.2 Å². The highest BCUT2D eigenvalue weighted by molar-refractivity contribution is 9.09. The van der Waals surface area contributed by atoms with E-state index in [9.17, 15) is 9.59 Å². The zero-order valence-electron chi connectivity index (χ0n) is 16.3. The number of fused-ring (bicyclic) bond motifs is 1. The summed E-state index contributed by atoms with van der Waals surface area (Å²) in [5.41, 5.74) is 5.67. The lowest BCUT2D eigenvalue weighted by atomic mass is 10.0. The van der Waals surface area contributed by atoms with Gasteiger partial charge in [0.1, 0.15) is 6.54 Å². The second kappa shape index (κ2) is 8.45. The number of hydrogen-bond acceptors (Lipinski definition) is 4. The van der Waals surface area contributed by atoms with E-state index in [1.54, 1.807) is 11.1 Å². The topological polar surface area (TPSA) is 75.2 Å². The summed E-state index contributed by atoms with van der Waals surface area (Å²) in [5.74, 6) is -0.205. The lowest BCUT2D eigenvalue weighted by molar-refractivity contribution is -0.123. The Labute approximate surface area is 178 Å². The van der Waals surface area contributed by atoms with Crippen LogP contribution in [0.5, 0.6) is 0 Å². The standard InChI is InChI=1S/C22H23BrN4O2/c1-2-14-11-18(26-24-12-14)22-16(23)8-9-17(22)25-20(28)13-27-19-6-4-3-5-15(19)7-10-21(27)29/h3-6,11-12,16H,2,7-10,13H2,1H3,(H,25,28). The second-order valence-electron chi connectivity index (χ2n) is 7.36. The number of halogens is 1. The van der Waals surface area contributed by atoms with E-state index in [1.165, 1.54) is 0 Å². The summed E-state index contributed by atoms with van der Waals surface area (Å²) >= 11 is 3.71. The molecule has 7 heteroatoms. The van der Waals surface area contributed by atoms with Gasteiger partial charge in [-0.2, -0.15) is 10.2 Å². The highest BCUT2D eigenvalue weighted by atomic mass is 79.9. The smallest absolute Gasteiger partial charge is 0.244 e. The van der Waals surface area contributed by atoms with Crippen LogP contribution in [0.4, 0.5) is 5.69 Å². The minimum absolute atomic E-state index is 0.0141. The first kappa shape index (κ1) is 19.8. The van der Waals surface area contributed by atoms with Gasteiger partial charge < -0.3 is 10.2 Å². The minimum atomic E-state index is -0.191. The highest BCUT2D eigenvalue weighted by Crippen LogP contribution is 2.37. The molecule has 1 aromatic carbocycles. The van der Waals surface area contributed by atoms with Gasteiger partial charge in [-0.3, -0.25) is 9.59 Å². The van der Waals surface area contributed by atoms with Crippen LogP contribution in [0, 0.1) is 0 Å². The molecule has 0 radical (unpaired) electrons. The lowest BCUT2D eigenvalue weighted by Crippen LogP contribution is -2.42. The van der Waals surface area contributed by atoms with Crippen molar-refractivity contribution < 1.29 is 9.59 Å². The lowest BCUT2D eigenvalue weighted by Gasteiger charge is -2.29. The van der Waals surface area contributed by atoms with Gasteiger partial charge in [-0.25, -0.2) is 0 Å². The third kappa shape index (κ3) is 4.10. The van der Waals surface area contributed by atoms with Gasteiger partial charge in [0.15, 0.2) is 0 Å². The van der Waals surface area contributed by atoms with Crippen molar-refractivity contribution in [1.82, 2.24) is 15.5 Å². The fraction of sp³-hybridized carbons (Fsp3) is 0.364. The number of para-hydroxylation sites is 1. The monoisotopic (exact) mass is 454 g/mol. The number of nitrogens with zero attached hydrogens (tertiary/aromatic N) is 3. The molecule has 0 spiro atoms. The third-order valence-corrected chi connectivity index (χ3v) is 6.38. The summed E-state index contributed by atoms with van der Waals surface area (Å²) in [5, 5.41) is 11.4. The number of allylic oxidation sites excluding steroid dienone is 2. The zero-order chi connectivity index (χ0) is 20.4. The van der Waals surface area contributed by atoms with Crippen molar-refractivity contribution in [1.29, 1.82) is 0 Å². The first-order chi connectivity index (χ1) is 14.1. The van der Waals surface area contributed by atoms with Gasteiger partial charge in [0, 0.05) is 28.2 Å². The van der Waals surface area contributed by atoms with Crippen LogP contribution in [0.1, 0.15) is 43.0 Å². The Bertz CT molecular complexity index is 988. The van der Waals surface area contributed by atoms with Crippen molar-refractivity contribution in [2.24, 2.45) is 0 Å². The van der Waals surface area contributed by atoms with Gasteiger partial charge in [-0.05, 0) is 48.9 Å². The molecular formula is C22H23BrN4O2. The molecule has 1 aromatic heterocycles. The maximum Gasteiger partial charge on any atom is 0.244 e. The first-order valence-electron chi connectivity index (χ1n) is 9.94. The molecule has 2 aliphatic rings. The van der Waals surface area contributed by atoms with Gasteiger partial charge in [0.2, 0.25) is 11.8 Å². The summed E-state index contributed by atoms with van der Waals surface area (Å²) in [4.78, 5) is 27.0.